The van der Waals surface area contributed by atoms with E-state index in [0.29, 0.717) is 5.91 Å². The first kappa shape index (κ1) is 14.8. The summed E-state index contributed by atoms with van der Waals surface area (Å²) in [5, 5.41) is 0. The summed E-state index contributed by atoms with van der Waals surface area (Å²) in [6.45, 7) is 10.9. The largest absolute Gasteiger partial charge is 0.341 e. The van der Waals surface area contributed by atoms with E-state index in [1.54, 1.807) is 0 Å². The number of carbonyl (C=O) groups excluding carboxylic acids is 1. The maximum absolute atomic E-state index is 12.7. The molecule has 0 spiro atoms. The number of piperidine rings is 2. The Labute approximate surface area is 118 Å². The van der Waals surface area contributed by atoms with E-state index in [1.165, 1.54) is 25.7 Å². The van der Waals surface area contributed by atoms with Crippen LogP contribution in [0, 0.1) is 11.8 Å². The zero-order valence-electron chi connectivity index (χ0n) is 12.9. The molecule has 3 nitrogen and oxygen atoms in total. The second-order valence-electron chi connectivity index (χ2n) is 6.55. The number of hydrogen-bond acceptors (Lipinski definition) is 2. The van der Waals surface area contributed by atoms with Crippen LogP contribution in [0.5, 0.6) is 0 Å². The molecule has 0 aromatic carbocycles. The Bertz CT molecular complexity index is 295. The van der Waals surface area contributed by atoms with Crippen LogP contribution in [0.15, 0.2) is 0 Å². The number of amides is 1. The van der Waals surface area contributed by atoms with E-state index >= 15 is 0 Å². The highest BCUT2D eigenvalue weighted by molar-refractivity contribution is 5.82. The summed E-state index contributed by atoms with van der Waals surface area (Å²) in [4.78, 5) is 17.2. The Morgan fingerprint density at radius 2 is 1.79 bits per heavy atom. The Balaban J connectivity index is 1.89. The first-order valence-corrected chi connectivity index (χ1v) is 8.16. The molecule has 110 valence electrons. The summed E-state index contributed by atoms with van der Waals surface area (Å²) in [5.41, 5.74) is 0. The SMILES string of the molecule is CCN1CCCCC1C(=O)N1CCC(C(C)C)CC1. The maximum Gasteiger partial charge on any atom is 0.239 e. The zero-order valence-corrected chi connectivity index (χ0v) is 12.9. The second kappa shape index (κ2) is 6.74. The Kier molecular flexibility index (Phi) is 5.26. The number of carbonyl (C=O) groups is 1. The van der Waals surface area contributed by atoms with Crippen LogP contribution in [-0.2, 0) is 4.79 Å². The minimum absolute atomic E-state index is 0.175. The topological polar surface area (TPSA) is 23.6 Å². The van der Waals surface area contributed by atoms with Gasteiger partial charge in [0.25, 0.3) is 0 Å². The van der Waals surface area contributed by atoms with E-state index < -0.39 is 0 Å². The first-order chi connectivity index (χ1) is 9.13. The summed E-state index contributed by atoms with van der Waals surface area (Å²) in [6.07, 6.45) is 5.93. The average Bonchev–Trinajstić information content (AvgIpc) is 2.46. The quantitative estimate of drug-likeness (QED) is 0.784. The van der Waals surface area contributed by atoms with Crippen molar-refractivity contribution in [2.45, 2.75) is 58.9 Å². The molecule has 2 heterocycles. The minimum Gasteiger partial charge on any atom is -0.341 e. The lowest BCUT2D eigenvalue weighted by atomic mass is 9.86. The van der Waals surface area contributed by atoms with E-state index in [2.05, 4.69) is 30.6 Å². The highest BCUT2D eigenvalue weighted by atomic mass is 16.2. The average molecular weight is 266 g/mol. The van der Waals surface area contributed by atoms with E-state index in [1.807, 2.05) is 0 Å². The molecule has 3 heteroatoms. The lowest BCUT2D eigenvalue weighted by Gasteiger charge is -2.40. The number of likely N-dealkylation sites (tertiary alicyclic amines) is 2. The lowest BCUT2D eigenvalue weighted by Crippen LogP contribution is -2.52. The molecule has 2 rings (SSSR count). The number of nitrogens with zero attached hydrogens (tertiary/aromatic N) is 2. The van der Waals surface area contributed by atoms with Crippen LogP contribution < -0.4 is 0 Å². The fraction of sp³-hybridized carbons (Fsp3) is 0.938. The molecule has 0 radical (unpaired) electrons. The van der Waals surface area contributed by atoms with Crippen LogP contribution in [0.2, 0.25) is 0 Å². The van der Waals surface area contributed by atoms with Gasteiger partial charge < -0.3 is 4.90 Å². The molecule has 2 fully saturated rings. The van der Waals surface area contributed by atoms with Gasteiger partial charge in [-0.05, 0) is 50.6 Å². The van der Waals surface area contributed by atoms with Crippen molar-refractivity contribution >= 4 is 5.91 Å². The molecular weight excluding hydrogens is 236 g/mol. The van der Waals surface area contributed by atoms with Crippen LogP contribution in [0.3, 0.4) is 0 Å². The monoisotopic (exact) mass is 266 g/mol. The Morgan fingerprint density at radius 3 is 2.37 bits per heavy atom. The van der Waals surface area contributed by atoms with Crippen LogP contribution in [0.4, 0.5) is 0 Å². The van der Waals surface area contributed by atoms with Crippen molar-refractivity contribution in [2.24, 2.45) is 11.8 Å². The van der Waals surface area contributed by atoms with Gasteiger partial charge in [-0.25, -0.2) is 0 Å². The van der Waals surface area contributed by atoms with E-state index in [0.717, 1.165) is 44.4 Å². The van der Waals surface area contributed by atoms with Crippen LogP contribution >= 0.6 is 0 Å². The van der Waals surface area contributed by atoms with Crippen molar-refractivity contribution in [3.05, 3.63) is 0 Å². The van der Waals surface area contributed by atoms with Gasteiger partial charge in [0.2, 0.25) is 5.91 Å². The van der Waals surface area contributed by atoms with E-state index in [4.69, 9.17) is 0 Å². The summed E-state index contributed by atoms with van der Waals surface area (Å²) < 4.78 is 0. The first-order valence-electron chi connectivity index (χ1n) is 8.16. The molecule has 2 saturated heterocycles. The smallest absolute Gasteiger partial charge is 0.239 e. The molecule has 0 bridgehead atoms. The van der Waals surface area contributed by atoms with Crippen molar-refractivity contribution in [1.29, 1.82) is 0 Å². The summed E-state index contributed by atoms with van der Waals surface area (Å²) in [5.74, 6) is 1.99. The van der Waals surface area contributed by atoms with Crippen molar-refractivity contribution in [1.82, 2.24) is 9.80 Å². The van der Waals surface area contributed by atoms with Gasteiger partial charge in [0, 0.05) is 13.1 Å². The number of rotatable bonds is 3. The Morgan fingerprint density at radius 1 is 1.11 bits per heavy atom. The molecule has 2 aliphatic heterocycles. The van der Waals surface area contributed by atoms with Gasteiger partial charge in [0.15, 0.2) is 0 Å². The molecule has 0 saturated carbocycles. The maximum atomic E-state index is 12.7. The van der Waals surface area contributed by atoms with Gasteiger partial charge in [-0.3, -0.25) is 9.69 Å². The predicted molar refractivity (Wildman–Crippen MR) is 79.0 cm³/mol. The van der Waals surface area contributed by atoms with Crippen LogP contribution in [0.25, 0.3) is 0 Å². The minimum atomic E-state index is 0.175. The van der Waals surface area contributed by atoms with Gasteiger partial charge in [0.1, 0.15) is 0 Å². The number of hydrogen-bond donors (Lipinski definition) is 0. The highest BCUT2D eigenvalue weighted by Gasteiger charge is 2.33. The Hall–Kier alpha value is -0.570. The lowest BCUT2D eigenvalue weighted by molar-refractivity contribution is -0.139. The van der Waals surface area contributed by atoms with Gasteiger partial charge in [-0.2, -0.15) is 0 Å². The van der Waals surface area contributed by atoms with Gasteiger partial charge in [-0.15, -0.1) is 0 Å². The van der Waals surface area contributed by atoms with Crippen molar-refractivity contribution in [3.8, 4) is 0 Å². The molecule has 0 aliphatic carbocycles. The van der Waals surface area contributed by atoms with Gasteiger partial charge >= 0.3 is 0 Å². The third-order valence-electron chi connectivity index (χ3n) is 5.10. The third-order valence-corrected chi connectivity index (χ3v) is 5.10. The summed E-state index contributed by atoms with van der Waals surface area (Å²) in [6, 6.07) is 0.175. The predicted octanol–water partition coefficient (Wildman–Crippen LogP) is 2.76. The molecule has 1 unspecified atom stereocenters. The fourth-order valence-corrected chi connectivity index (χ4v) is 3.65. The number of likely N-dealkylation sites (N-methyl/N-ethyl adjacent to an activating group) is 1. The van der Waals surface area contributed by atoms with Crippen LogP contribution in [0.1, 0.15) is 52.9 Å². The molecular formula is C16H30N2O. The van der Waals surface area contributed by atoms with Crippen LogP contribution in [-0.4, -0.2) is 47.9 Å². The molecule has 2 aliphatic rings. The zero-order chi connectivity index (χ0) is 13.8. The summed E-state index contributed by atoms with van der Waals surface area (Å²) in [7, 11) is 0. The molecule has 0 N–H and O–H groups in total. The molecule has 0 aromatic heterocycles. The van der Waals surface area contributed by atoms with Gasteiger partial charge in [-0.1, -0.05) is 27.2 Å². The van der Waals surface area contributed by atoms with Crippen molar-refractivity contribution in [2.75, 3.05) is 26.2 Å². The molecule has 1 atom stereocenters. The summed E-state index contributed by atoms with van der Waals surface area (Å²) >= 11 is 0. The second-order valence-corrected chi connectivity index (χ2v) is 6.55. The standard InChI is InChI=1S/C16H30N2O/c1-4-17-10-6-5-7-15(17)16(19)18-11-8-14(9-12-18)13(2)3/h13-15H,4-12H2,1-3H3. The molecule has 0 aromatic rings. The highest BCUT2D eigenvalue weighted by Crippen LogP contribution is 2.26. The van der Waals surface area contributed by atoms with Gasteiger partial charge in [0.05, 0.1) is 6.04 Å². The van der Waals surface area contributed by atoms with Crippen molar-refractivity contribution in [3.63, 3.8) is 0 Å². The normalized spacial score (nSPS) is 26.9. The van der Waals surface area contributed by atoms with E-state index in [9.17, 15) is 4.79 Å². The third kappa shape index (κ3) is 3.50. The van der Waals surface area contributed by atoms with E-state index in [-0.39, 0.29) is 6.04 Å². The molecule has 1 amide bonds. The molecule has 19 heavy (non-hydrogen) atoms. The van der Waals surface area contributed by atoms with Crippen molar-refractivity contribution < 1.29 is 4.79 Å². The fourth-order valence-electron chi connectivity index (χ4n) is 3.65.